The average Bonchev–Trinajstić information content (AvgIpc) is 2.63. The standard InChI is InChI=1S/C16H21F17OSi3/c1-35(2)7-8(34-36(3,4)37(35,5)6)9(17,18)10(19,20)11(21,22)12(23,24)13(25,26)14(27,28)15(29,30)16(31,32)33/h8H,7H2,1-6H3. The second kappa shape index (κ2) is 8.46. The van der Waals surface area contributed by atoms with Crippen LogP contribution in [0, 0.1) is 0 Å². The molecule has 0 N–H and O–H groups in total. The van der Waals surface area contributed by atoms with Crippen molar-refractivity contribution in [3.8, 4) is 0 Å². The van der Waals surface area contributed by atoms with E-state index in [4.69, 9.17) is 4.43 Å². The van der Waals surface area contributed by atoms with E-state index in [-0.39, 0.29) is 0 Å². The summed E-state index contributed by atoms with van der Waals surface area (Å²) < 4.78 is 236. The molecule has 0 aliphatic carbocycles. The van der Waals surface area contributed by atoms with Crippen LogP contribution >= 0.6 is 0 Å². The average molecular weight is 637 g/mol. The molecule has 21 heteroatoms. The fraction of sp³-hybridized carbons (Fsp3) is 1.00. The molecule has 0 aromatic heterocycles. The van der Waals surface area contributed by atoms with E-state index in [1.165, 1.54) is 26.2 Å². The molecule has 0 radical (unpaired) electrons. The molecule has 1 aliphatic heterocycles. The molecule has 0 spiro atoms. The zero-order valence-corrected chi connectivity index (χ0v) is 22.6. The van der Waals surface area contributed by atoms with Crippen LogP contribution in [-0.2, 0) is 4.43 Å². The maximum atomic E-state index is 14.8. The Morgan fingerprint density at radius 1 is 0.486 bits per heavy atom. The van der Waals surface area contributed by atoms with Crippen LogP contribution < -0.4 is 0 Å². The van der Waals surface area contributed by atoms with Crippen molar-refractivity contribution < 1.29 is 79.1 Å². The van der Waals surface area contributed by atoms with Gasteiger partial charge in [-0.15, -0.1) is 0 Å². The lowest BCUT2D eigenvalue weighted by Crippen LogP contribution is -2.80. The third-order valence-corrected chi connectivity index (χ3v) is 47.8. The minimum Gasteiger partial charge on any atom is -0.411 e. The zero-order valence-electron chi connectivity index (χ0n) is 19.6. The van der Waals surface area contributed by atoms with Crippen molar-refractivity contribution in [3.63, 3.8) is 0 Å². The molecule has 1 saturated heterocycles. The normalized spacial score (nSPS) is 24.2. The van der Waals surface area contributed by atoms with E-state index in [1.807, 2.05) is 0 Å². The Morgan fingerprint density at radius 2 is 0.784 bits per heavy atom. The Kier molecular flexibility index (Phi) is 7.88. The number of rotatable bonds is 7. The van der Waals surface area contributed by atoms with Gasteiger partial charge in [-0.25, -0.2) is 0 Å². The topological polar surface area (TPSA) is 9.23 Å². The van der Waals surface area contributed by atoms with Gasteiger partial charge in [0.2, 0.25) is 0 Å². The van der Waals surface area contributed by atoms with Crippen molar-refractivity contribution in [1.82, 2.24) is 0 Å². The highest BCUT2D eigenvalue weighted by molar-refractivity contribution is 7.67. The van der Waals surface area contributed by atoms with E-state index in [1.54, 1.807) is 13.1 Å². The van der Waals surface area contributed by atoms with Crippen LogP contribution in [0.3, 0.4) is 0 Å². The van der Waals surface area contributed by atoms with E-state index < -0.39 is 82.3 Å². The molecule has 1 aliphatic rings. The fourth-order valence-corrected chi connectivity index (χ4v) is 32.9. The lowest BCUT2D eigenvalue weighted by molar-refractivity contribution is -0.463. The molecule has 0 saturated carbocycles. The quantitative estimate of drug-likeness (QED) is 0.202. The van der Waals surface area contributed by atoms with Gasteiger partial charge in [-0.2, -0.15) is 74.6 Å². The Hall–Kier alpha value is -0.579. The summed E-state index contributed by atoms with van der Waals surface area (Å²) in [6.07, 6.45) is -11.1. The van der Waals surface area contributed by atoms with Crippen LogP contribution in [-0.4, -0.2) is 76.3 Å². The first-order valence-electron chi connectivity index (χ1n) is 9.95. The van der Waals surface area contributed by atoms with Crippen molar-refractivity contribution in [2.24, 2.45) is 0 Å². The van der Waals surface area contributed by atoms with Crippen LogP contribution in [0.5, 0.6) is 0 Å². The van der Waals surface area contributed by atoms with Crippen molar-refractivity contribution in [1.29, 1.82) is 0 Å². The highest BCUT2D eigenvalue weighted by Crippen LogP contribution is 2.65. The SMILES string of the molecule is C[Si]1(C)CC(C(F)(F)C(F)(F)C(F)(F)C(F)(F)C(F)(F)C(F)(F)C(F)(F)C(F)(F)F)O[Si](C)(C)[Si]1(C)C. The summed E-state index contributed by atoms with van der Waals surface area (Å²) in [6.45, 7) is 8.44. The summed E-state index contributed by atoms with van der Waals surface area (Å²) in [7, 11) is -9.21. The van der Waals surface area contributed by atoms with Gasteiger partial charge in [0, 0.05) is 7.59 Å². The first-order chi connectivity index (χ1) is 15.6. The summed E-state index contributed by atoms with van der Waals surface area (Å²) in [6, 6.07) is -1.09. The lowest BCUT2D eigenvalue weighted by Gasteiger charge is -2.56. The van der Waals surface area contributed by atoms with Crippen LogP contribution in [0.15, 0.2) is 0 Å². The van der Waals surface area contributed by atoms with Gasteiger partial charge in [0.1, 0.15) is 6.10 Å². The first kappa shape index (κ1) is 34.4. The molecule has 0 bridgehead atoms. The van der Waals surface area contributed by atoms with Gasteiger partial charge >= 0.3 is 47.6 Å². The van der Waals surface area contributed by atoms with Crippen LogP contribution in [0.1, 0.15) is 0 Å². The second-order valence-electron chi connectivity index (χ2n) is 10.4. The van der Waals surface area contributed by atoms with Gasteiger partial charge in [-0.05, 0) is 19.1 Å². The largest absolute Gasteiger partial charge is 0.460 e. The van der Waals surface area contributed by atoms with Gasteiger partial charge in [0.05, 0.1) is 7.11 Å². The zero-order chi connectivity index (χ0) is 30.5. The van der Waals surface area contributed by atoms with Gasteiger partial charge < -0.3 is 4.43 Å². The Labute approximate surface area is 201 Å². The molecular formula is C16H21F17OSi3. The Bertz CT molecular complexity index is 858. The molecule has 1 unspecified atom stereocenters. The van der Waals surface area contributed by atoms with E-state index in [0.29, 0.717) is 0 Å². The summed E-state index contributed by atoms with van der Waals surface area (Å²) >= 11 is 0. The van der Waals surface area contributed by atoms with E-state index >= 15 is 0 Å². The molecule has 222 valence electrons. The van der Waals surface area contributed by atoms with Crippen LogP contribution in [0.2, 0.25) is 45.3 Å². The molecule has 37 heavy (non-hydrogen) atoms. The number of hydrogen-bond donors (Lipinski definition) is 0. The molecule has 1 atom stereocenters. The predicted molar refractivity (Wildman–Crippen MR) is 103 cm³/mol. The Balaban J connectivity index is 3.72. The molecule has 1 heterocycles. The molecule has 1 nitrogen and oxygen atoms in total. The maximum Gasteiger partial charge on any atom is 0.460 e. The molecule has 1 fully saturated rings. The lowest BCUT2D eigenvalue weighted by atomic mass is 9.88. The second-order valence-corrected chi connectivity index (χ2v) is 37.8. The first-order valence-corrected chi connectivity index (χ1v) is 21.1. The third-order valence-electron chi connectivity index (χ3n) is 7.48. The van der Waals surface area contributed by atoms with Crippen molar-refractivity contribution >= 4 is 22.5 Å². The summed E-state index contributed by atoms with van der Waals surface area (Å²) in [5.74, 6) is -56.3. The van der Waals surface area contributed by atoms with Gasteiger partial charge in [0.25, 0.3) is 0 Å². The van der Waals surface area contributed by atoms with Crippen molar-refractivity contribution in [3.05, 3.63) is 0 Å². The van der Waals surface area contributed by atoms with E-state index in [2.05, 4.69) is 0 Å². The molecule has 0 aromatic carbocycles. The number of halogens is 17. The van der Waals surface area contributed by atoms with Crippen LogP contribution in [0.25, 0.3) is 0 Å². The molecule has 1 rings (SSSR count). The molecule has 0 aromatic rings. The summed E-state index contributed by atoms with van der Waals surface area (Å²) in [5, 5.41) is 0. The van der Waals surface area contributed by atoms with Crippen molar-refractivity contribution in [2.45, 2.75) is 99.1 Å². The molecule has 0 amide bonds. The maximum absolute atomic E-state index is 14.8. The Morgan fingerprint density at radius 3 is 1.08 bits per heavy atom. The summed E-state index contributed by atoms with van der Waals surface area (Å²) in [5.41, 5.74) is 0. The van der Waals surface area contributed by atoms with Gasteiger partial charge in [0.15, 0.2) is 7.83 Å². The van der Waals surface area contributed by atoms with Gasteiger partial charge in [-0.3, -0.25) is 0 Å². The smallest absolute Gasteiger partial charge is 0.411 e. The predicted octanol–water partition coefficient (Wildman–Crippen LogP) is 8.17. The van der Waals surface area contributed by atoms with E-state index in [0.717, 1.165) is 0 Å². The van der Waals surface area contributed by atoms with Crippen molar-refractivity contribution in [2.75, 3.05) is 0 Å². The number of hydrogen-bond acceptors (Lipinski definition) is 1. The minimum atomic E-state index is -8.62. The number of alkyl halides is 17. The highest BCUT2D eigenvalue weighted by atomic mass is 29.6. The fourth-order valence-electron chi connectivity index (χ4n) is 3.66. The van der Waals surface area contributed by atoms with E-state index in [9.17, 15) is 74.6 Å². The van der Waals surface area contributed by atoms with Crippen LogP contribution in [0.4, 0.5) is 74.6 Å². The highest BCUT2D eigenvalue weighted by Gasteiger charge is 2.95. The van der Waals surface area contributed by atoms with Gasteiger partial charge in [-0.1, -0.05) is 26.2 Å². The summed E-state index contributed by atoms with van der Waals surface area (Å²) in [4.78, 5) is 0. The minimum absolute atomic E-state index is 1.09. The molecular weight excluding hydrogens is 615 g/mol. The third kappa shape index (κ3) is 4.26. The monoisotopic (exact) mass is 636 g/mol.